The number of thiazole rings is 1. The predicted molar refractivity (Wildman–Crippen MR) is 60.4 cm³/mol. The number of hydrogen-bond acceptors (Lipinski definition) is 6. The number of aromatic nitrogens is 3. The fraction of sp³-hybridized carbons (Fsp3) is 0.300. The molecule has 0 spiro atoms. The minimum absolute atomic E-state index is 0.498. The average molecular weight is 237 g/mol. The normalized spacial score (nSPS) is 10.4. The van der Waals surface area contributed by atoms with E-state index in [0.29, 0.717) is 12.5 Å². The molecule has 0 atom stereocenters. The average Bonchev–Trinajstić information content (AvgIpc) is 2.78. The van der Waals surface area contributed by atoms with Crippen molar-refractivity contribution in [2.45, 2.75) is 6.61 Å². The van der Waals surface area contributed by atoms with Gasteiger partial charge in [0, 0.05) is 18.6 Å². The van der Waals surface area contributed by atoms with Gasteiger partial charge in [0.2, 0.25) is 5.88 Å². The molecule has 5 nitrogen and oxygen atoms in total. The van der Waals surface area contributed by atoms with Crippen LogP contribution in [0.25, 0.3) is 10.7 Å². The maximum Gasteiger partial charge on any atom is 0.233 e. The number of methoxy groups -OCH3 is 2. The van der Waals surface area contributed by atoms with Crippen molar-refractivity contribution in [3.05, 3.63) is 23.2 Å². The monoisotopic (exact) mass is 237 g/mol. The van der Waals surface area contributed by atoms with Crippen molar-refractivity contribution in [3.63, 3.8) is 0 Å². The highest BCUT2D eigenvalue weighted by molar-refractivity contribution is 7.13. The maximum atomic E-state index is 5.00. The first-order chi connectivity index (χ1) is 7.83. The first-order valence-electron chi connectivity index (χ1n) is 4.65. The van der Waals surface area contributed by atoms with Crippen molar-refractivity contribution in [2.24, 2.45) is 0 Å². The van der Waals surface area contributed by atoms with E-state index in [0.717, 1.165) is 16.4 Å². The van der Waals surface area contributed by atoms with Gasteiger partial charge in [-0.05, 0) is 6.07 Å². The van der Waals surface area contributed by atoms with E-state index in [1.807, 2.05) is 11.4 Å². The van der Waals surface area contributed by atoms with Crippen LogP contribution in [0.4, 0.5) is 0 Å². The van der Waals surface area contributed by atoms with E-state index in [-0.39, 0.29) is 0 Å². The van der Waals surface area contributed by atoms with E-state index >= 15 is 0 Å². The van der Waals surface area contributed by atoms with Crippen molar-refractivity contribution < 1.29 is 9.47 Å². The second kappa shape index (κ2) is 5.00. The molecule has 6 heteroatoms. The molecular formula is C10H11N3O2S. The van der Waals surface area contributed by atoms with E-state index < -0.39 is 0 Å². The standard InChI is InChI=1S/C10H11N3O2S/c1-14-5-7-6-16-10(11-7)8-3-4-9(15-2)13-12-8/h3-4,6H,5H2,1-2H3. The minimum Gasteiger partial charge on any atom is -0.480 e. The molecular weight excluding hydrogens is 226 g/mol. The number of nitrogens with zero attached hydrogens (tertiary/aromatic N) is 3. The smallest absolute Gasteiger partial charge is 0.233 e. The van der Waals surface area contributed by atoms with Crippen molar-refractivity contribution in [3.8, 4) is 16.6 Å². The molecule has 0 aliphatic rings. The van der Waals surface area contributed by atoms with Crippen molar-refractivity contribution >= 4 is 11.3 Å². The van der Waals surface area contributed by atoms with Crippen LogP contribution in [0, 0.1) is 0 Å². The summed E-state index contributed by atoms with van der Waals surface area (Å²) in [7, 11) is 3.20. The van der Waals surface area contributed by atoms with Crippen LogP contribution in [0.2, 0.25) is 0 Å². The zero-order valence-electron chi connectivity index (χ0n) is 9.01. The van der Waals surface area contributed by atoms with E-state index in [2.05, 4.69) is 15.2 Å². The minimum atomic E-state index is 0.498. The highest BCUT2D eigenvalue weighted by Crippen LogP contribution is 2.22. The van der Waals surface area contributed by atoms with Gasteiger partial charge >= 0.3 is 0 Å². The van der Waals surface area contributed by atoms with Crippen LogP contribution >= 0.6 is 11.3 Å². The molecule has 0 aliphatic carbocycles. The Morgan fingerprint density at radius 2 is 2.12 bits per heavy atom. The zero-order chi connectivity index (χ0) is 11.4. The topological polar surface area (TPSA) is 57.1 Å². The third kappa shape index (κ3) is 2.34. The van der Waals surface area contributed by atoms with Crippen LogP contribution in [-0.4, -0.2) is 29.4 Å². The van der Waals surface area contributed by atoms with Gasteiger partial charge in [-0.15, -0.1) is 21.5 Å². The van der Waals surface area contributed by atoms with Crippen LogP contribution in [0.3, 0.4) is 0 Å². The summed E-state index contributed by atoms with van der Waals surface area (Å²) in [5.41, 5.74) is 1.65. The quantitative estimate of drug-likeness (QED) is 0.811. The largest absolute Gasteiger partial charge is 0.480 e. The number of hydrogen-bond donors (Lipinski definition) is 0. The lowest BCUT2D eigenvalue weighted by atomic mass is 10.4. The lowest BCUT2D eigenvalue weighted by Crippen LogP contribution is -1.92. The van der Waals surface area contributed by atoms with Crippen molar-refractivity contribution in [2.75, 3.05) is 14.2 Å². The van der Waals surface area contributed by atoms with Gasteiger partial charge in [0.15, 0.2) is 0 Å². The lowest BCUT2D eigenvalue weighted by Gasteiger charge is -1.97. The third-order valence-electron chi connectivity index (χ3n) is 1.91. The number of ether oxygens (including phenoxy) is 2. The highest BCUT2D eigenvalue weighted by atomic mass is 32.1. The molecule has 2 aromatic rings. The summed E-state index contributed by atoms with van der Waals surface area (Å²) in [6, 6.07) is 3.60. The second-order valence-electron chi connectivity index (χ2n) is 3.04. The second-order valence-corrected chi connectivity index (χ2v) is 3.90. The summed E-state index contributed by atoms with van der Waals surface area (Å²) in [6.45, 7) is 0.514. The van der Waals surface area contributed by atoms with E-state index in [1.165, 1.54) is 11.3 Å². The van der Waals surface area contributed by atoms with Gasteiger partial charge in [-0.25, -0.2) is 4.98 Å². The van der Waals surface area contributed by atoms with Gasteiger partial charge < -0.3 is 9.47 Å². The first kappa shape index (κ1) is 11.0. The Labute approximate surface area is 97.1 Å². The molecule has 0 aliphatic heterocycles. The van der Waals surface area contributed by atoms with Crippen LogP contribution in [0.1, 0.15) is 5.69 Å². The zero-order valence-corrected chi connectivity index (χ0v) is 9.82. The summed E-state index contributed by atoms with van der Waals surface area (Å²) in [4.78, 5) is 4.38. The van der Waals surface area contributed by atoms with Gasteiger partial charge in [-0.2, -0.15) is 0 Å². The fourth-order valence-electron chi connectivity index (χ4n) is 1.18. The molecule has 0 unspecified atom stereocenters. The molecule has 0 N–H and O–H groups in total. The first-order valence-corrected chi connectivity index (χ1v) is 5.53. The molecule has 2 aromatic heterocycles. The molecule has 0 fully saturated rings. The van der Waals surface area contributed by atoms with Gasteiger partial charge in [0.25, 0.3) is 0 Å². The Morgan fingerprint density at radius 1 is 1.25 bits per heavy atom. The third-order valence-corrected chi connectivity index (χ3v) is 2.83. The van der Waals surface area contributed by atoms with Crippen LogP contribution < -0.4 is 4.74 Å². The van der Waals surface area contributed by atoms with Gasteiger partial charge in [0.05, 0.1) is 19.4 Å². The van der Waals surface area contributed by atoms with Gasteiger partial charge in [-0.3, -0.25) is 0 Å². The molecule has 0 saturated heterocycles. The molecule has 0 saturated carbocycles. The van der Waals surface area contributed by atoms with E-state index in [4.69, 9.17) is 9.47 Å². The summed E-state index contributed by atoms with van der Waals surface area (Å²) in [6.07, 6.45) is 0. The molecule has 0 aromatic carbocycles. The van der Waals surface area contributed by atoms with Crippen molar-refractivity contribution in [1.82, 2.24) is 15.2 Å². The molecule has 16 heavy (non-hydrogen) atoms. The fourth-order valence-corrected chi connectivity index (χ4v) is 1.95. The Hall–Kier alpha value is -1.53. The van der Waals surface area contributed by atoms with Gasteiger partial charge in [0.1, 0.15) is 10.7 Å². The predicted octanol–water partition coefficient (Wildman–Crippen LogP) is 1.76. The Morgan fingerprint density at radius 3 is 2.75 bits per heavy atom. The van der Waals surface area contributed by atoms with Crippen LogP contribution in [0.5, 0.6) is 5.88 Å². The van der Waals surface area contributed by atoms with Crippen LogP contribution in [0.15, 0.2) is 17.5 Å². The summed E-state index contributed by atoms with van der Waals surface area (Å²) >= 11 is 1.52. The molecule has 2 heterocycles. The molecule has 0 amide bonds. The highest BCUT2D eigenvalue weighted by Gasteiger charge is 2.06. The van der Waals surface area contributed by atoms with E-state index in [9.17, 15) is 0 Å². The Balaban J connectivity index is 2.21. The van der Waals surface area contributed by atoms with Crippen LogP contribution in [-0.2, 0) is 11.3 Å². The Bertz CT molecular complexity index is 455. The molecule has 2 rings (SSSR count). The summed E-state index contributed by atoms with van der Waals surface area (Å²) in [5, 5.41) is 10.7. The van der Waals surface area contributed by atoms with Crippen molar-refractivity contribution in [1.29, 1.82) is 0 Å². The van der Waals surface area contributed by atoms with Gasteiger partial charge in [-0.1, -0.05) is 0 Å². The Kier molecular flexibility index (Phi) is 3.43. The summed E-state index contributed by atoms with van der Waals surface area (Å²) < 4.78 is 9.94. The molecule has 0 radical (unpaired) electrons. The molecule has 84 valence electrons. The summed E-state index contributed by atoms with van der Waals surface area (Å²) in [5.74, 6) is 0.498. The lowest BCUT2D eigenvalue weighted by molar-refractivity contribution is 0.182. The maximum absolute atomic E-state index is 5.00. The van der Waals surface area contributed by atoms with E-state index in [1.54, 1.807) is 20.3 Å². The SMILES string of the molecule is COCc1csc(-c2ccc(OC)nn2)n1. The number of rotatable bonds is 4. The molecule has 0 bridgehead atoms.